The molecule has 2 aromatic rings. The van der Waals surface area contributed by atoms with E-state index in [4.69, 9.17) is 5.73 Å². The third-order valence-corrected chi connectivity index (χ3v) is 3.65. The number of benzene rings is 1. The summed E-state index contributed by atoms with van der Waals surface area (Å²) in [5, 5.41) is 0. The molecule has 0 saturated carbocycles. The third kappa shape index (κ3) is 3.92. The molecular formula is C16H24N6. The van der Waals surface area contributed by atoms with Gasteiger partial charge in [-0.15, -0.1) is 0 Å². The van der Waals surface area contributed by atoms with Crippen molar-refractivity contribution in [2.75, 3.05) is 31.8 Å². The number of hydrogen-bond donors (Lipinski definition) is 1. The van der Waals surface area contributed by atoms with Crippen LogP contribution in [0.15, 0.2) is 24.3 Å². The van der Waals surface area contributed by atoms with E-state index in [1.165, 1.54) is 11.1 Å². The van der Waals surface area contributed by atoms with Crippen LogP contribution in [-0.2, 0) is 6.54 Å². The fourth-order valence-electron chi connectivity index (χ4n) is 2.10. The Kier molecular flexibility index (Phi) is 4.92. The van der Waals surface area contributed by atoms with Crippen molar-refractivity contribution in [2.45, 2.75) is 26.4 Å². The van der Waals surface area contributed by atoms with E-state index in [0.29, 0.717) is 11.8 Å². The van der Waals surface area contributed by atoms with Gasteiger partial charge >= 0.3 is 0 Å². The minimum atomic E-state index is 0.0466. The summed E-state index contributed by atoms with van der Waals surface area (Å²) < 4.78 is 0. The summed E-state index contributed by atoms with van der Waals surface area (Å²) in [6.45, 7) is 4.99. The highest BCUT2D eigenvalue weighted by Crippen LogP contribution is 2.19. The Balaban J connectivity index is 2.16. The molecule has 0 bridgehead atoms. The van der Waals surface area contributed by atoms with Gasteiger partial charge < -0.3 is 10.6 Å². The zero-order chi connectivity index (χ0) is 16.3. The molecule has 1 atom stereocenters. The summed E-state index contributed by atoms with van der Waals surface area (Å²) in [6.07, 6.45) is 0. The molecule has 0 amide bonds. The summed E-state index contributed by atoms with van der Waals surface area (Å²) in [5.41, 5.74) is 8.32. The molecule has 0 aliphatic rings. The summed E-state index contributed by atoms with van der Waals surface area (Å²) in [7, 11) is 5.83. The number of nitrogens with two attached hydrogens (primary N) is 1. The van der Waals surface area contributed by atoms with Crippen LogP contribution in [0, 0.1) is 6.92 Å². The number of rotatable bonds is 5. The first kappa shape index (κ1) is 16.2. The number of anilines is 2. The van der Waals surface area contributed by atoms with Crippen LogP contribution in [-0.4, -0.2) is 41.0 Å². The first-order chi connectivity index (χ1) is 10.4. The van der Waals surface area contributed by atoms with Gasteiger partial charge in [0, 0.05) is 20.6 Å². The molecule has 0 spiro atoms. The van der Waals surface area contributed by atoms with E-state index in [-0.39, 0.29) is 12.0 Å². The van der Waals surface area contributed by atoms with E-state index in [9.17, 15) is 0 Å². The second-order valence-electron chi connectivity index (χ2n) is 5.82. The van der Waals surface area contributed by atoms with Crippen molar-refractivity contribution in [3.8, 4) is 0 Å². The van der Waals surface area contributed by atoms with Crippen LogP contribution < -0.4 is 10.6 Å². The van der Waals surface area contributed by atoms with Crippen molar-refractivity contribution in [1.29, 1.82) is 0 Å². The Hall–Kier alpha value is -2.21. The van der Waals surface area contributed by atoms with Crippen molar-refractivity contribution in [2.24, 2.45) is 0 Å². The maximum Gasteiger partial charge on any atom is 0.229 e. The molecule has 1 aromatic heterocycles. The van der Waals surface area contributed by atoms with Crippen LogP contribution in [0.4, 0.5) is 11.9 Å². The van der Waals surface area contributed by atoms with Gasteiger partial charge in [-0.25, -0.2) is 0 Å². The first-order valence-electron chi connectivity index (χ1n) is 7.31. The molecule has 0 saturated heterocycles. The highest BCUT2D eigenvalue weighted by atomic mass is 15.3. The van der Waals surface area contributed by atoms with Crippen LogP contribution >= 0.6 is 0 Å². The van der Waals surface area contributed by atoms with Crippen LogP contribution in [0.3, 0.4) is 0 Å². The lowest BCUT2D eigenvalue weighted by Crippen LogP contribution is -2.25. The molecule has 1 aromatic carbocycles. The Labute approximate surface area is 132 Å². The number of aryl methyl sites for hydroxylation is 1. The lowest BCUT2D eigenvalue weighted by Gasteiger charge is -2.24. The van der Waals surface area contributed by atoms with Gasteiger partial charge in [-0.05, 0) is 26.5 Å². The molecule has 6 nitrogen and oxygen atoms in total. The molecular weight excluding hydrogens is 276 g/mol. The normalized spacial score (nSPS) is 12.5. The van der Waals surface area contributed by atoms with Crippen molar-refractivity contribution in [1.82, 2.24) is 19.9 Å². The molecule has 6 heteroatoms. The molecule has 0 aliphatic carbocycles. The number of aromatic nitrogens is 3. The zero-order valence-electron chi connectivity index (χ0n) is 13.9. The predicted molar refractivity (Wildman–Crippen MR) is 89.6 cm³/mol. The van der Waals surface area contributed by atoms with Gasteiger partial charge in [-0.2, -0.15) is 15.0 Å². The fraction of sp³-hybridized carbons (Fsp3) is 0.438. The smallest absolute Gasteiger partial charge is 0.229 e. The lowest BCUT2D eigenvalue weighted by molar-refractivity contribution is 0.243. The van der Waals surface area contributed by atoms with Gasteiger partial charge in [0.15, 0.2) is 5.82 Å². The van der Waals surface area contributed by atoms with Crippen LogP contribution in [0.5, 0.6) is 0 Å². The molecule has 2 N–H and O–H groups in total. The van der Waals surface area contributed by atoms with Crippen molar-refractivity contribution >= 4 is 11.9 Å². The molecule has 118 valence electrons. The van der Waals surface area contributed by atoms with Gasteiger partial charge in [-0.1, -0.05) is 29.8 Å². The lowest BCUT2D eigenvalue weighted by atomic mass is 10.1. The van der Waals surface area contributed by atoms with Gasteiger partial charge in [0.25, 0.3) is 0 Å². The Morgan fingerprint density at radius 1 is 1.05 bits per heavy atom. The second-order valence-corrected chi connectivity index (χ2v) is 5.82. The highest BCUT2D eigenvalue weighted by Gasteiger charge is 2.17. The Morgan fingerprint density at radius 2 is 1.68 bits per heavy atom. The van der Waals surface area contributed by atoms with Crippen molar-refractivity contribution in [3.63, 3.8) is 0 Å². The average molecular weight is 300 g/mol. The average Bonchev–Trinajstić information content (AvgIpc) is 2.48. The van der Waals surface area contributed by atoms with E-state index in [2.05, 4.69) is 65.0 Å². The van der Waals surface area contributed by atoms with Gasteiger partial charge in [0.05, 0.1) is 6.04 Å². The van der Waals surface area contributed by atoms with Crippen LogP contribution in [0.25, 0.3) is 0 Å². The maximum absolute atomic E-state index is 5.80. The van der Waals surface area contributed by atoms with Crippen LogP contribution in [0.2, 0.25) is 0 Å². The molecule has 2 rings (SSSR count). The minimum absolute atomic E-state index is 0.0466. The number of hydrogen-bond acceptors (Lipinski definition) is 6. The minimum Gasteiger partial charge on any atom is -0.368 e. The zero-order valence-corrected chi connectivity index (χ0v) is 13.9. The number of nitrogen functional groups attached to an aromatic ring is 1. The summed E-state index contributed by atoms with van der Waals surface area (Å²) in [5.74, 6) is 1.52. The summed E-state index contributed by atoms with van der Waals surface area (Å²) in [6, 6.07) is 8.58. The number of nitrogens with zero attached hydrogens (tertiary/aromatic N) is 5. The Bertz CT molecular complexity index is 623. The van der Waals surface area contributed by atoms with Crippen molar-refractivity contribution in [3.05, 3.63) is 41.2 Å². The molecule has 0 aliphatic heterocycles. The maximum atomic E-state index is 5.80. The summed E-state index contributed by atoms with van der Waals surface area (Å²) in [4.78, 5) is 16.9. The standard InChI is InChI=1S/C16H24N6/c1-11-6-8-13(9-7-11)10-22(5)12(2)14-18-15(17)20-16(19-14)21(3)4/h6-9,12H,10H2,1-5H3,(H2,17,18,19,20)/t12-/m0/s1. The molecule has 1 heterocycles. The molecule has 22 heavy (non-hydrogen) atoms. The van der Waals surface area contributed by atoms with Gasteiger partial charge in [-0.3, -0.25) is 4.90 Å². The first-order valence-corrected chi connectivity index (χ1v) is 7.31. The predicted octanol–water partition coefficient (Wildman–Crippen LogP) is 2.02. The van der Waals surface area contributed by atoms with Crippen LogP contribution in [0.1, 0.15) is 29.9 Å². The highest BCUT2D eigenvalue weighted by molar-refractivity contribution is 5.33. The van der Waals surface area contributed by atoms with E-state index < -0.39 is 0 Å². The molecule has 0 unspecified atom stereocenters. The van der Waals surface area contributed by atoms with E-state index in [0.717, 1.165) is 6.54 Å². The van der Waals surface area contributed by atoms with Gasteiger partial charge in [0.1, 0.15) is 0 Å². The SMILES string of the molecule is Cc1ccc(CN(C)[C@@H](C)c2nc(N)nc(N(C)C)n2)cc1. The quantitative estimate of drug-likeness (QED) is 0.911. The molecule has 0 radical (unpaired) electrons. The topological polar surface area (TPSA) is 71.2 Å². The van der Waals surface area contributed by atoms with E-state index in [1.807, 2.05) is 19.0 Å². The van der Waals surface area contributed by atoms with E-state index in [1.54, 1.807) is 0 Å². The summed E-state index contributed by atoms with van der Waals surface area (Å²) >= 11 is 0. The van der Waals surface area contributed by atoms with E-state index >= 15 is 0 Å². The fourth-order valence-corrected chi connectivity index (χ4v) is 2.10. The Morgan fingerprint density at radius 3 is 2.27 bits per heavy atom. The third-order valence-electron chi connectivity index (χ3n) is 3.65. The largest absolute Gasteiger partial charge is 0.368 e. The monoisotopic (exact) mass is 300 g/mol. The van der Waals surface area contributed by atoms with Gasteiger partial charge in [0.2, 0.25) is 11.9 Å². The molecule has 0 fully saturated rings. The van der Waals surface area contributed by atoms with Crippen molar-refractivity contribution < 1.29 is 0 Å². The second kappa shape index (κ2) is 6.70.